The highest BCUT2D eigenvalue weighted by Gasteiger charge is 2.34. The smallest absolute Gasteiger partial charge is 0.306 e. The van der Waals surface area contributed by atoms with Gasteiger partial charge in [-0.15, -0.1) is 0 Å². The molecule has 1 aromatic carbocycles. The summed E-state index contributed by atoms with van der Waals surface area (Å²) >= 11 is 6.19. The molecule has 8 heteroatoms. The van der Waals surface area contributed by atoms with E-state index in [1.54, 1.807) is 45.9 Å². The molecule has 26 heavy (non-hydrogen) atoms. The van der Waals surface area contributed by atoms with Crippen LogP contribution in [0.25, 0.3) is 6.08 Å². The summed E-state index contributed by atoms with van der Waals surface area (Å²) < 4.78 is 22.9. The summed E-state index contributed by atoms with van der Waals surface area (Å²) in [7, 11) is -3.38. The first-order valence-electron chi connectivity index (χ1n) is 8.18. The van der Waals surface area contributed by atoms with Crippen molar-refractivity contribution in [3.63, 3.8) is 0 Å². The third-order valence-electron chi connectivity index (χ3n) is 3.90. The van der Waals surface area contributed by atoms with Crippen molar-refractivity contribution in [2.75, 3.05) is 18.1 Å². The average Bonchev–Trinajstić information content (AvgIpc) is 2.78. The number of anilines is 1. The second-order valence-corrected chi connectivity index (χ2v) is 7.89. The van der Waals surface area contributed by atoms with Gasteiger partial charge < -0.3 is 9.05 Å². The maximum Gasteiger partial charge on any atom is 0.354 e. The van der Waals surface area contributed by atoms with Crippen LogP contribution >= 0.6 is 19.2 Å². The van der Waals surface area contributed by atoms with Crippen LogP contribution in [0, 0.1) is 0 Å². The summed E-state index contributed by atoms with van der Waals surface area (Å²) in [5, 5.41) is 0.380. The number of carbonyl (C=O) groups excluding carboxylic acids is 2. The second-order valence-electron chi connectivity index (χ2n) is 5.59. The van der Waals surface area contributed by atoms with E-state index < -0.39 is 7.60 Å². The van der Waals surface area contributed by atoms with Crippen molar-refractivity contribution in [2.45, 2.75) is 27.7 Å². The highest BCUT2D eigenvalue weighted by atomic mass is 35.5. The van der Waals surface area contributed by atoms with E-state index >= 15 is 0 Å². The molecule has 0 saturated heterocycles. The van der Waals surface area contributed by atoms with E-state index in [9.17, 15) is 14.2 Å². The van der Waals surface area contributed by atoms with Crippen molar-refractivity contribution in [3.8, 4) is 0 Å². The lowest BCUT2D eigenvalue weighted by Gasteiger charge is -2.16. The van der Waals surface area contributed by atoms with Crippen LogP contribution in [0.2, 0.25) is 5.02 Å². The van der Waals surface area contributed by atoms with E-state index in [2.05, 4.69) is 0 Å². The Hall–Kier alpha value is -1.72. The first kappa shape index (κ1) is 20.6. The van der Waals surface area contributed by atoms with Crippen molar-refractivity contribution in [1.29, 1.82) is 0 Å². The zero-order chi connectivity index (χ0) is 19.5. The van der Waals surface area contributed by atoms with Gasteiger partial charge in [-0.3, -0.25) is 14.2 Å². The maximum atomic E-state index is 12.5. The maximum absolute atomic E-state index is 12.5. The standard InChI is InChI=1S/C18H21ClNO5P/c1-5-24-26(23,25-6-2)10-9-14-11-15(7-8-16(14)19)20-17(21)12(3)13(4)18(20)22/h7-11H,5-6H2,1-4H3. The molecule has 0 radical (unpaired) electrons. The van der Waals surface area contributed by atoms with Crippen LogP contribution in [0.15, 0.2) is 35.2 Å². The third-order valence-corrected chi connectivity index (χ3v) is 6.00. The van der Waals surface area contributed by atoms with E-state index in [-0.39, 0.29) is 25.0 Å². The number of imide groups is 1. The SMILES string of the molecule is CCOP(=O)(C=Cc1cc(N2C(=O)C(C)=C(C)C2=O)ccc1Cl)OCC. The van der Waals surface area contributed by atoms with Crippen LogP contribution in [0.1, 0.15) is 33.3 Å². The normalized spacial score (nSPS) is 15.7. The van der Waals surface area contributed by atoms with Gasteiger partial charge in [-0.1, -0.05) is 11.6 Å². The number of halogens is 1. The molecule has 1 heterocycles. The minimum absolute atomic E-state index is 0.233. The summed E-state index contributed by atoms with van der Waals surface area (Å²) in [6.45, 7) is 7.14. The first-order valence-corrected chi connectivity index (χ1v) is 10.2. The molecule has 1 aliphatic rings. The topological polar surface area (TPSA) is 72.9 Å². The molecule has 0 aromatic heterocycles. The lowest BCUT2D eigenvalue weighted by atomic mass is 10.2. The summed E-state index contributed by atoms with van der Waals surface area (Å²) in [6.07, 6.45) is 1.51. The number of rotatable bonds is 7. The lowest BCUT2D eigenvalue weighted by Crippen LogP contribution is -2.31. The van der Waals surface area contributed by atoms with Crippen molar-refractivity contribution in [3.05, 3.63) is 45.7 Å². The van der Waals surface area contributed by atoms with E-state index in [1.165, 1.54) is 11.9 Å². The molecule has 6 nitrogen and oxygen atoms in total. The van der Waals surface area contributed by atoms with Crippen LogP contribution in [0.5, 0.6) is 0 Å². The number of benzene rings is 1. The second kappa shape index (κ2) is 8.31. The van der Waals surface area contributed by atoms with Gasteiger partial charge in [0.15, 0.2) is 0 Å². The van der Waals surface area contributed by atoms with E-state index in [4.69, 9.17) is 20.6 Å². The van der Waals surface area contributed by atoms with Gasteiger partial charge >= 0.3 is 7.60 Å². The molecular weight excluding hydrogens is 377 g/mol. The fourth-order valence-electron chi connectivity index (χ4n) is 2.44. The van der Waals surface area contributed by atoms with Crippen LogP contribution in [0.4, 0.5) is 5.69 Å². The monoisotopic (exact) mass is 397 g/mol. The molecule has 0 unspecified atom stereocenters. The van der Waals surface area contributed by atoms with Gasteiger partial charge in [-0.25, -0.2) is 4.90 Å². The third kappa shape index (κ3) is 4.15. The van der Waals surface area contributed by atoms with Crippen molar-refractivity contribution in [1.82, 2.24) is 0 Å². The molecule has 0 spiro atoms. The quantitative estimate of drug-likeness (QED) is 0.488. The minimum Gasteiger partial charge on any atom is -0.306 e. The summed E-state index contributed by atoms with van der Waals surface area (Å²) in [5.74, 6) is 0.603. The zero-order valence-corrected chi connectivity index (χ0v) is 16.8. The molecule has 0 saturated carbocycles. The fraction of sp³-hybridized carbons (Fsp3) is 0.333. The van der Waals surface area contributed by atoms with Crippen molar-refractivity contribution in [2.24, 2.45) is 0 Å². The van der Waals surface area contributed by atoms with Gasteiger partial charge in [0.05, 0.1) is 18.9 Å². The molecule has 140 valence electrons. The summed E-state index contributed by atoms with van der Waals surface area (Å²) in [4.78, 5) is 25.7. The first-order chi connectivity index (χ1) is 12.2. The molecule has 2 rings (SSSR count). The Morgan fingerprint density at radius 1 is 1.08 bits per heavy atom. The van der Waals surface area contributed by atoms with Crippen LogP contribution in [-0.4, -0.2) is 25.0 Å². The molecule has 2 amide bonds. The molecule has 1 aliphatic heterocycles. The molecule has 0 aliphatic carbocycles. The van der Waals surface area contributed by atoms with E-state index in [0.717, 1.165) is 4.90 Å². The number of hydrogen-bond donors (Lipinski definition) is 0. The molecule has 0 fully saturated rings. The highest BCUT2D eigenvalue weighted by molar-refractivity contribution is 7.57. The van der Waals surface area contributed by atoms with E-state index in [0.29, 0.717) is 27.4 Å². The number of hydrogen-bond acceptors (Lipinski definition) is 5. The van der Waals surface area contributed by atoms with Gasteiger partial charge in [-0.2, -0.15) is 0 Å². The molecular formula is C18H21ClNO5P. The van der Waals surface area contributed by atoms with Crippen molar-refractivity contribution >= 4 is 42.8 Å². The Morgan fingerprint density at radius 2 is 1.62 bits per heavy atom. The fourth-order valence-corrected chi connectivity index (χ4v) is 3.93. The van der Waals surface area contributed by atoms with Gasteiger partial charge in [0.1, 0.15) is 0 Å². The Bertz CT molecular complexity index is 812. The predicted octanol–water partition coefficient (Wildman–Crippen LogP) is 4.79. The van der Waals surface area contributed by atoms with Gasteiger partial charge in [0.2, 0.25) is 0 Å². The Morgan fingerprint density at radius 3 is 2.12 bits per heavy atom. The van der Waals surface area contributed by atoms with Crippen LogP contribution in [0.3, 0.4) is 0 Å². The largest absolute Gasteiger partial charge is 0.354 e. The summed E-state index contributed by atoms with van der Waals surface area (Å²) in [6, 6.07) is 4.75. The predicted molar refractivity (Wildman–Crippen MR) is 102 cm³/mol. The number of amides is 2. The lowest BCUT2D eigenvalue weighted by molar-refractivity contribution is -0.120. The molecule has 1 aromatic rings. The molecule has 0 bridgehead atoms. The van der Waals surface area contributed by atoms with Gasteiger partial charge in [0, 0.05) is 22.0 Å². The van der Waals surface area contributed by atoms with Crippen molar-refractivity contribution < 1.29 is 23.2 Å². The zero-order valence-electron chi connectivity index (χ0n) is 15.1. The van der Waals surface area contributed by atoms with E-state index in [1.807, 2.05) is 0 Å². The Labute approximate surface area is 158 Å². The Balaban J connectivity index is 2.37. The molecule has 0 N–H and O–H groups in total. The number of carbonyl (C=O) groups is 2. The van der Waals surface area contributed by atoms with Gasteiger partial charge in [0.25, 0.3) is 11.8 Å². The van der Waals surface area contributed by atoms with Gasteiger partial charge in [-0.05, 0) is 57.5 Å². The molecule has 0 atom stereocenters. The van der Waals surface area contributed by atoms with Crippen LogP contribution < -0.4 is 4.90 Å². The number of nitrogens with zero attached hydrogens (tertiary/aromatic N) is 1. The Kier molecular flexibility index (Phi) is 6.58. The average molecular weight is 398 g/mol. The summed E-state index contributed by atoms with van der Waals surface area (Å²) in [5.41, 5.74) is 1.72. The minimum atomic E-state index is -3.38. The van der Waals surface area contributed by atoms with Crippen LogP contribution in [-0.2, 0) is 23.2 Å². The highest BCUT2D eigenvalue weighted by Crippen LogP contribution is 2.50.